The Morgan fingerprint density at radius 2 is 2.21 bits per heavy atom. The van der Waals surface area contributed by atoms with Gasteiger partial charge in [0.15, 0.2) is 0 Å². The maximum atomic E-state index is 10.8. The number of azide groups is 1. The standard InChI is InChI=1S/C9H6IN3O/c10-8-4-2-1-3-7(8)5-6-9(14)12-13-11/h1-6H/b6-5+. The number of benzene rings is 1. The summed E-state index contributed by atoms with van der Waals surface area (Å²) in [5.74, 6) is -0.591. The van der Waals surface area contributed by atoms with Crippen molar-refractivity contribution in [1.82, 2.24) is 0 Å². The number of hydrogen-bond donors (Lipinski definition) is 0. The number of amides is 1. The minimum atomic E-state index is -0.591. The van der Waals surface area contributed by atoms with Crippen LogP contribution in [0.15, 0.2) is 35.5 Å². The molecule has 0 radical (unpaired) electrons. The fourth-order valence-electron chi connectivity index (χ4n) is 0.849. The molecule has 1 amide bonds. The molecule has 0 N–H and O–H groups in total. The molecule has 14 heavy (non-hydrogen) atoms. The van der Waals surface area contributed by atoms with E-state index in [1.807, 2.05) is 24.3 Å². The topological polar surface area (TPSA) is 65.8 Å². The van der Waals surface area contributed by atoms with Crippen molar-refractivity contribution in [1.29, 1.82) is 0 Å². The lowest BCUT2D eigenvalue weighted by Crippen LogP contribution is -1.84. The smallest absolute Gasteiger partial charge is 0.242 e. The van der Waals surface area contributed by atoms with Crippen molar-refractivity contribution in [2.24, 2.45) is 5.11 Å². The van der Waals surface area contributed by atoms with Crippen molar-refractivity contribution in [2.75, 3.05) is 0 Å². The predicted octanol–water partition coefficient (Wildman–Crippen LogP) is 3.14. The Balaban J connectivity index is 2.83. The van der Waals surface area contributed by atoms with Crippen LogP contribution >= 0.6 is 22.6 Å². The van der Waals surface area contributed by atoms with E-state index in [-0.39, 0.29) is 0 Å². The molecule has 1 aromatic carbocycles. The lowest BCUT2D eigenvalue weighted by molar-refractivity contribution is -0.113. The van der Waals surface area contributed by atoms with Crippen LogP contribution in [-0.2, 0) is 4.79 Å². The molecular formula is C9H6IN3O. The molecule has 0 spiro atoms. The SMILES string of the molecule is [N-]=[N+]=NC(=O)/C=C/c1ccccc1I. The number of carbonyl (C=O) groups excluding carboxylic acids is 1. The molecule has 0 bridgehead atoms. The number of hydrogen-bond acceptors (Lipinski definition) is 1. The van der Waals surface area contributed by atoms with Crippen molar-refractivity contribution in [3.63, 3.8) is 0 Å². The number of nitrogens with zero attached hydrogens (tertiary/aromatic N) is 3. The summed E-state index contributed by atoms with van der Waals surface area (Å²) in [6.45, 7) is 0. The quantitative estimate of drug-likeness (QED) is 0.272. The molecule has 4 nitrogen and oxygen atoms in total. The molecule has 0 heterocycles. The zero-order valence-corrected chi connectivity index (χ0v) is 9.25. The van der Waals surface area contributed by atoms with Crippen LogP contribution in [0.1, 0.15) is 5.56 Å². The summed E-state index contributed by atoms with van der Waals surface area (Å²) in [6.07, 6.45) is 2.87. The maximum Gasteiger partial charge on any atom is 0.242 e. The second-order valence-corrected chi connectivity index (χ2v) is 3.54. The van der Waals surface area contributed by atoms with E-state index in [1.54, 1.807) is 6.08 Å². The van der Waals surface area contributed by atoms with E-state index < -0.39 is 5.91 Å². The fraction of sp³-hybridized carbons (Fsp3) is 0. The van der Waals surface area contributed by atoms with Crippen molar-refractivity contribution >= 4 is 34.6 Å². The van der Waals surface area contributed by atoms with Gasteiger partial charge in [0.2, 0.25) is 5.91 Å². The third kappa shape index (κ3) is 3.20. The Labute approximate surface area is 94.4 Å². The van der Waals surface area contributed by atoms with E-state index in [9.17, 15) is 4.79 Å². The molecule has 0 aliphatic carbocycles. The number of carbonyl (C=O) groups is 1. The Morgan fingerprint density at radius 1 is 1.50 bits per heavy atom. The van der Waals surface area contributed by atoms with Crippen LogP contribution in [-0.4, -0.2) is 5.91 Å². The largest absolute Gasteiger partial charge is 0.288 e. The Bertz CT molecular complexity index is 422. The first-order chi connectivity index (χ1) is 6.74. The van der Waals surface area contributed by atoms with Gasteiger partial charge in [0.1, 0.15) is 0 Å². The van der Waals surface area contributed by atoms with Gasteiger partial charge in [-0.05, 0) is 50.9 Å². The highest BCUT2D eigenvalue weighted by atomic mass is 127. The van der Waals surface area contributed by atoms with Crippen LogP contribution in [0, 0.1) is 3.57 Å². The molecular weight excluding hydrogens is 293 g/mol. The molecule has 0 unspecified atom stereocenters. The Kier molecular flexibility index (Phi) is 4.15. The molecule has 0 fully saturated rings. The number of rotatable bonds is 2. The second kappa shape index (κ2) is 5.41. The van der Waals surface area contributed by atoms with E-state index in [0.717, 1.165) is 9.13 Å². The van der Waals surface area contributed by atoms with Crippen LogP contribution in [0.3, 0.4) is 0 Å². The first-order valence-corrected chi connectivity index (χ1v) is 4.83. The molecule has 1 aromatic rings. The molecule has 0 aliphatic rings. The molecule has 0 saturated heterocycles. The van der Waals surface area contributed by atoms with Gasteiger partial charge >= 0.3 is 0 Å². The molecule has 0 aromatic heterocycles. The molecule has 0 atom stereocenters. The van der Waals surface area contributed by atoms with E-state index in [1.165, 1.54) is 6.08 Å². The van der Waals surface area contributed by atoms with Gasteiger partial charge < -0.3 is 0 Å². The zero-order chi connectivity index (χ0) is 10.4. The third-order valence-electron chi connectivity index (χ3n) is 1.45. The summed E-state index contributed by atoms with van der Waals surface area (Å²) < 4.78 is 1.04. The predicted molar refractivity (Wildman–Crippen MR) is 62.3 cm³/mol. The summed E-state index contributed by atoms with van der Waals surface area (Å²) in [7, 11) is 0. The van der Waals surface area contributed by atoms with Gasteiger partial charge in [0.05, 0.1) is 0 Å². The van der Waals surface area contributed by atoms with Gasteiger partial charge in [-0.1, -0.05) is 24.3 Å². The van der Waals surface area contributed by atoms with Crippen molar-refractivity contribution in [3.8, 4) is 0 Å². The van der Waals surface area contributed by atoms with Crippen LogP contribution in [0.5, 0.6) is 0 Å². The minimum absolute atomic E-state index is 0.591. The van der Waals surface area contributed by atoms with Crippen molar-refractivity contribution in [2.45, 2.75) is 0 Å². The highest BCUT2D eigenvalue weighted by molar-refractivity contribution is 14.1. The van der Waals surface area contributed by atoms with Crippen molar-refractivity contribution in [3.05, 3.63) is 49.9 Å². The van der Waals surface area contributed by atoms with Crippen LogP contribution in [0.25, 0.3) is 16.5 Å². The van der Waals surface area contributed by atoms with Gasteiger partial charge in [-0.2, -0.15) is 0 Å². The van der Waals surface area contributed by atoms with E-state index in [0.29, 0.717) is 0 Å². The molecule has 0 saturated carbocycles. The lowest BCUT2D eigenvalue weighted by Gasteiger charge is -1.95. The first kappa shape index (κ1) is 10.7. The Hall–Kier alpha value is -1.33. The highest BCUT2D eigenvalue weighted by Crippen LogP contribution is 2.12. The lowest BCUT2D eigenvalue weighted by atomic mass is 10.2. The maximum absolute atomic E-state index is 10.8. The fourth-order valence-corrected chi connectivity index (χ4v) is 1.42. The van der Waals surface area contributed by atoms with Crippen molar-refractivity contribution < 1.29 is 4.79 Å². The van der Waals surface area contributed by atoms with Crippen LogP contribution in [0.4, 0.5) is 0 Å². The summed E-state index contributed by atoms with van der Waals surface area (Å²) in [4.78, 5) is 13.2. The average Bonchev–Trinajstić information content (AvgIpc) is 2.17. The van der Waals surface area contributed by atoms with Gasteiger partial charge in [-0.25, -0.2) is 0 Å². The van der Waals surface area contributed by atoms with Crippen LogP contribution < -0.4 is 0 Å². The third-order valence-corrected chi connectivity index (χ3v) is 2.44. The second-order valence-electron chi connectivity index (χ2n) is 2.38. The summed E-state index contributed by atoms with van der Waals surface area (Å²) in [6, 6.07) is 7.59. The molecule has 70 valence electrons. The summed E-state index contributed by atoms with van der Waals surface area (Å²) in [5.41, 5.74) is 8.92. The molecule has 1 rings (SSSR count). The van der Waals surface area contributed by atoms with E-state index >= 15 is 0 Å². The minimum Gasteiger partial charge on any atom is -0.288 e. The first-order valence-electron chi connectivity index (χ1n) is 3.75. The van der Waals surface area contributed by atoms with Crippen LogP contribution in [0.2, 0.25) is 0 Å². The summed E-state index contributed by atoms with van der Waals surface area (Å²) in [5, 5.41) is 2.92. The van der Waals surface area contributed by atoms with Gasteiger partial charge in [0.25, 0.3) is 0 Å². The number of halogens is 1. The van der Waals surface area contributed by atoms with E-state index in [2.05, 4.69) is 32.6 Å². The normalized spacial score (nSPS) is 9.79. The van der Waals surface area contributed by atoms with E-state index in [4.69, 9.17) is 5.53 Å². The van der Waals surface area contributed by atoms with Gasteiger partial charge in [0, 0.05) is 8.48 Å². The van der Waals surface area contributed by atoms with Gasteiger partial charge in [-0.3, -0.25) is 4.79 Å². The summed E-state index contributed by atoms with van der Waals surface area (Å²) >= 11 is 2.16. The molecule has 0 aliphatic heterocycles. The zero-order valence-electron chi connectivity index (χ0n) is 7.09. The molecule has 5 heteroatoms. The monoisotopic (exact) mass is 299 g/mol. The Morgan fingerprint density at radius 3 is 2.86 bits per heavy atom. The average molecular weight is 299 g/mol. The van der Waals surface area contributed by atoms with Gasteiger partial charge in [-0.15, -0.1) is 0 Å². The highest BCUT2D eigenvalue weighted by Gasteiger charge is 1.94.